The number of methoxy groups -OCH3 is 1. The lowest BCUT2D eigenvalue weighted by atomic mass is 10.2. The molecule has 0 aliphatic rings. The Hall–Kier alpha value is -1.22. The van der Waals surface area contributed by atoms with E-state index in [-0.39, 0.29) is 44.7 Å². The van der Waals surface area contributed by atoms with Crippen molar-refractivity contribution in [2.45, 2.75) is 22.8 Å². The van der Waals surface area contributed by atoms with Gasteiger partial charge in [-0.25, -0.2) is 8.42 Å². The van der Waals surface area contributed by atoms with Crippen molar-refractivity contribution in [3.63, 3.8) is 0 Å². The molecule has 0 radical (unpaired) electrons. The minimum absolute atomic E-state index is 0.0228. The van der Waals surface area contributed by atoms with E-state index < -0.39 is 15.9 Å². The molecule has 0 fully saturated rings. The summed E-state index contributed by atoms with van der Waals surface area (Å²) >= 11 is 18.2. The summed E-state index contributed by atoms with van der Waals surface area (Å²) in [5, 5.41) is 9.80. The molecule has 166 valence electrons. The summed E-state index contributed by atoms with van der Waals surface area (Å²) in [4.78, 5) is -0.0109. The van der Waals surface area contributed by atoms with Gasteiger partial charge in [0.1, 0.15) is 18.5 Å². The van der Waals surface area contributed by atoms with Crippen molar-refractivity contribution in [1.82, 2.24) is 0 Å². The third-order valence-electron chi connectivity index (χ3n) is 3.99. The topological polar surface area (TPSA) is 82.1 Å². The van der Waals surface area contributed by atoms with Crippen LogP contribution < -0.4 is 9.47 Å². The molecule has 2 atom stereocenters. The Kier molecular flexibility index (Phi) is 9.53. The fourth-order valence-electron chi connectivity index (χ4n) is 2.38. The van der Waals surface area contributed by atoms with Crippen molar-refractivity contribution >= 4 is 44.6 Å². The molecule has 2 aromatic carbocycles. The van der Waals surface area contributed by atoms with Gasteiger partial charge in [0.2, 0.25) is 9.84 Å². The molecule has 2 unspecified atom stereocenters. The van der Waals surface area contributed by atoms with Gasteiger partial charge in [0.25, 0.3) is 0 Å². The SMILES string of the molecule is COCC(O)COc1ccc(S(=O)(=O)c2cc(Cl)c(OCC(C)CCl)c(Cl)c2)cc1. The summed E-state index contributed by atoms with van der Waals surface area (Å²) < 4.78 is 41.7. The average Bonchev–Trinajstić information content (AvgIpc) is 2.71. The fraction of sp³-hybridized carbons (Fsp3) is 0.400. The standard InChI is InChI=1S/C20H23Cl3O6S/c1-13(9-21)10-29-20-18(22)7-17(8-19(20)23)30(25,26)16-5-3-15(4-6-16)28-12-14(24)11-27-2/h3-8,13-14,24H,9-12H2,1-2H3. The number of hydrogen-bond acceptors (Lipinski definition) is 6. The van der Waals surface area contributed by atoms with Gasteiger partial charge in [0.05, 0.1) is 33.0 Å². The first-order chi connectivity index (χ1) is 14.2. The van der Waals surface area contributed by atoms with Crippen LogP contribution in [0.5, 0.6) is 11.5 Å². The normalized spacial score (nSPS) is 13.7. The second-order valence-corrected chi connectivity index (χ2v) is 9.75. The van der Waals surface area contributed by atoms with Crippen LogP contribution in [0, 0.1) is 5.92 Å². The number of alkyl halides is 1. The van der Waals surface area contributed by atoms with Crippen molar-refractivity contribution in [2.75, 3.05) is 32.8 Å². The zero-order chi connectivity index (χ0) is 22.3. The highest BCUT2D eigenvalue weighted by molar-refractivity contribution is 7.91. The number of benzene rings is 2. The van der Waals surface area contributed by atoms with Crippen molar-refractivity contribution < 1.29 is 27.7 Å². The van der Waals surface area contributed by atoms with Gasteiger partial charge in [-0.1, -0.05) is 30.1 Å². The highest BCUT2D eigenvalue weighted by Crippen LogP contribution is 2.37. The summed E-state index contributed by atoms with van der Waals surface area (Å²) in [5.74, 6) is 1.12. The Morgan fingerprint density at radius 1 is 0.967 bits per heavy atom. The molecule has 10 heteroatoms. The predicted octanol–water partition coefficient (Wildman–Crippen LogP) is 4.47. The molecular weight excluding hydrogens is 475 g/mol. The predicted molar refractivity (Wildman–Crippen MR) is 117 cm³/mol. The summed E-state index contributed by atoms with van der Waals surface area (Å²) in [5.41, 5.74) is 0. The van der Waals surface area contributed by atoms with Crippen LogP contribution in [0.4, 0.5) is 0 Å². The Balaban J connectivity index is 2.18. The van der Waals surface area contributed by atoms with Gasteiger partial charge in [0.15, 0.2) is 5.75 Å². The zero-order valence-corrected chi connectivity index (χ0v) is 19.6. The molecule has 0 saturated carbocycles. The maximum Gasteiger partial charge on any atom is 0.206 e. The van der Waals surface area contributed by atoms with Crippen LogP contribution in [-0.2, 0) is 14.6 Å². The van der Waals surface area contributed by atoms with E-state index in [1.54, 1.807) is 0 Å². The van der Waals surface area contributed by atoms with Crippen molar-refractivity contribution in [1.29, 1.82) is 0 Å². The molecule has 0 amide bonds. The van der Waals surface area contributed by atoms with Crippen LogP contribution in [0.15, 0.2) is 46.2 Å². The number of rotatable bonds is 11. The van der Waals surface area contributed by atoms with E-state index in [0.29, 0.717) is 18.2 Å². The summed E-state index contributed by atoms with van der Waals surface area (Å²) in [6.07, 6.45) is -0.782. The van der Waals surface area contributed by atoms with Crippen LogP contribution in [0.3, 0.4) is 0 Å². The highest BCUT2D eigenvalue weighted by atomic mass is 35.5. The van der Waals surface area contributed by atoms with Crippen molar-refractivity contribution in [3.8, 4) is 11.5 Å². The summed E-state index contributed by atoms with van der Waals surface area (Å²) in [6, 6.07) is 8.41. The number of sulfone groups is 1. The third-order valence-corrected chi connectivity index (χ3v) is 6.83. The van der Waals surface area contributed by atoms with E-state index in [1.807, 2.05) is 6.92 Å². The van der Waals surface area contributed by atoms with Crippen LogP contribution in [-0.4, -0.2) is 52.4 Å². The molecule has 0 saturated heterocycles. The van der Waals surface area contributed by atoms with Gasteiger partial charge < -0.3 is 19.3 Å². The number of halogens is 3. The van der Waals surface area contributed by atoms with Gasteiger partial charge in [-0.3, -0.25) is 0 Å². The maximum atomic E-state index is 13.0. The molecule has 1 N–H and O–H groups in total. The van der Waals surface area contributed by atoms with Gasteiger partial charge in [-0.2, -0.15) is 0 Å². The van der Waals surface area contributed by atoms with Crippen LogP contribution in [0.25, 0.3) is 0 Å². The molecule has 0 aliphatic carbocycles. The van der Waals surface area contributed by atoms with E-state index in [2.05, 4.69) is 0 Å². The molecule has 0 heterocycles. The molecule has 2 aromatic rings. The smallest absolute Gasteiger partial charge is 0.206 e. The molecular formula is C20H23Cl3O6S. The second-order valence-electron chi connectivity index (χ2n) is 6.68. The minimum Gasteiger partial charge on any atom is -0.491 e. The van der Waals surface area contributed by atoms with E-state index in [0.717, 1.165) is 0 Å². The maximum absolute atomic E-state index is 13.0. The molecule has 0 spiro atoms. The highest BCUT2D eigenvalue weighted by Gasteiger charge is 2.22. The van der Waals surface area contributed by atoms with Crippen molar-refractivity contribution in [2.24, 2.45) is 5.92 Å². The lowest BCUT2D eigenvalue weighted by Crippen LogP contribution is -2.22. The molecule has 30 heavy (non-hydrogen) atoms. The average molecular weight is 498 g/mol. The van der Waals surface area contributed by atoms with E-state index >= 15 is 0 Å². The number of aliphatic hydroxyl groups excluding tert-OH is 1. The Bertz CT molecular complexity index is 911. The zero-order valence-electron chi connectivity index (χ0n) is 16.5. The van der Waals surface area contributed by atoms with Crippen molar-refractivity contribution in [3.05, 3.63) is 46.4 Å². The Morgan fingerprint density at radius 2 is 1.57 bits per heavy atom. The molecule has 2 rings (SSSR count). The van der Waals surface area contributed by atoms with Gasteiger partial charge in [0, 0.05) is 18.9 Å². The summed E-state index contributed by atoms with van der Waals surface area (Å²) in [7, 11) is -2.39. The van der Waals surface area contributed by atoms with Crippen LogP contribution >= 0.6 is 34.8 Å². The molecule has 0 aliphatic heterocycles. The lowest BCUT2D eigenvalue weighted by Gasteiger charge is -2.15. The molecule has 0 aromatic heterocycles. The number of ether oxygens (including phenoxy) is 3. The molecule has 6 nitrogen and oxygen atoms in total. The minimum atomic E-state index is -3.86. The van der Waals surface area contributed by atoms with Gasteiger partial charge in [-0.05, 0) is 36.4 Å². The second kappa shape index (κ2) is 11.4. The lowest BCUT2D eigenvalue weighted by molar-refractivity contribution is 0.0325. The van der Waals surface area contributed by atoms with Crippen LogP contribution in [0.2, 0.25) is 10.0 Å². The van der Waals surface area contributed by atoms with Gasteiger partial charge >= 0.3 is 0 Å². The third kappa shape index (κ3) is 6.64. The summed E-state index contributed by atoms with van der Waals surface area (Å²) in [6.45, 7) is 2.36. The number of aliphatic hydroxyl groups is 1. The molecule has 0 bridgehead atoms. The fourth-order valence-corrected chi connectivity index (χ4v) is 4.51. The van der Waals surface area contributed by atoms with E-state index in [1.165, 1.54) is 43.5 Å². The first-order valence-corrected chi connectivity index (χ1v) is 11.8. The number of hydrogen-bond donors (Lipinski definition) is 1. The monoisotopic (exact) mass is 496 g/mol. The first kappa shape index (κ1) is 25.0. The first-order valence-electron chi connectivity index (χ1n) is 9.01. The van der Waals surface area contributed by atoms with Crippen LogP contribution in [0.1, 0.15) is 6.92 Å². The van der Waals surface area contributed by atoms with E-state index in [9.17, 15) is 13.5 Å². The quantitative estimate of drug-likeness (QED) is 0.461. The largest absolute Gasteiger partial charge is 0.491 e. The van der Waals surface area contributed by atoms with E-state index in [4.69, 9.17) is 49.0 Å². The Labute approximate surface area is 191 Å². The van der Waals surface area contributed by atoms with Gasteiger partial charge in [-0.15, -0.1) is 11.6 Å². The Morgan fingerprint density at radius 3 is 2.10 bits per heavy atom.